The van der Waals surface area contributed by atoms with Crippen LogP contribution < -0.4 is 10.5 Å². The number of nitrogens with two attached hydrogens (primary N) is 1. The lowest BCUT2D eigenvalue weighted by atomic mass is 10.1. The van der Waals surface area contributed by atoms with Crippen LogP contribution in [0.2, 0.25) is 0 Å². The number of ether oxygens (including phenoxy) is 1. The topological polar surface area (TPSA) is 79.0 Å². The number of carbonyl (C=O) groups is 1. The number of rotatable bonds is 7. The molecule has 1 amide bonds. The van der Waals surface area contributed by atoms with E-state index in [4.69, 9.17) is 10.5 Å². The fourth-order valence-corrected chi connectivity index (χ4v) is 2.93. The molecule has 24 heavy (non-hydrogen) atoms. The molecule has 2 rings (SSSR count). The Labute approximate surface area is 144 Å². The molecule has 1 aromatic rings. The third kappa shape index (κ3) is 4.69. The Morgan fingerprint density at radius 2 is 2.21 bits per heavy atom. The molecule has 0 bridgehead atoms. The molecule has 1 saturated heterocycles. The van der Waals surface area contributed by atoms with Crippen LogP contribution in [0.3, 0.4) is 0 Å². The van der Waals surface area contributed by atoms with E-state index in [0.717, 1.165) is 24.3 Å². The van der Waals surface area contributed by atoms with Gasteiger partial charge in [0.2, 0.25) is 0 Å². The second-order valence-corrected chi connectivity index (χ2v) is 6.37. The van der Waals surface area contributed by atoms with Gasteiger partial charge in [-0.15, -0.1) is 0 Å². The van der Waals surface area contributed by atoms with Gasteiger partial charge in [-0.3, -0.25) is 9.69 Å². The average Bonchev–Trinajstić information content (AvgIpc) is 2.58. The molecule has 6 heteroatoms. The van der Waals surface area contributed by atoms with Crippen molar-refractivity contribution >= 4 is 5.91 Å². The number of amides is 1. The number of aryl methyl sites for hydroxylation is 1. The summed E-state index contributed by atoms with van der Waals surface area (Å²) in [6, 6.07) is 5.81. The van der Waals surface area contributed by atoms with Gasteiger partial charge in [0.25, 0.3) is 5.91 Å². The molecule has 1 aromatic carbocycles. The van der Waals surface area contributed by atoms with Gasteiger partial charge >= 0.3 is 0 Å². The highest BCUT2D eigenvalue weighted by Gasteiger charge is 2.27. The molecule has 1 aliphatic rings. The van der Waals surface area contributed by atoms with Gasteiger partial charge in [-0.25, -0.2) is 0 Å². The van der Waals surface area contributed by atoms with Crippen LogP contribution in [0.5, 0.6) is 5.75 Å². The Kier molecular flexibility index (Phi) is 7.02. The van der Waals surface area contributed by atoms with Gasteiger partial charge < -0.3 is 20.5 Å². The van der Waals surface area contributed by atoms with E-state index < -0.39 is 0 Å². The first-order chi connectivity index (χ1) is 11.6. The highest BCUT2D eigenvalue weighted by atomic mass is 16.5. The number of nitrogens with zero attached hydrogens (tertiary/aromatic N) is 2. The highest BCUT2D eigenvalue weighted by molar-refractivity contribution is 5.94. The molecule has 134 valence electrons. The maximum Gasteiger partial charge on any atom is 0.254 e. The Morgan fingerprint density at radius 1 is 1.42 bits per heavy atom. The smallest absolute Gasteiger partial charge is 0.254 e. The molecule has 3 N–H and O–H groups in total. The number of benzene rings is 1. The molecule has 0 aromatic heterocycles. The number of hydrogen-bond donors (Lipinski definition) is 2. The SMILES string of the molecule is Cc1ccc(C(=O)N2CCN(C)[C@H](CCO)C2)cc1OCCCN. The maximum absolute atomic E-state index is 12.8. The Hall–Kier alpha value is -1.63. The summed E-state index contributed by atoms with van der Waals surface area (Å²) in [5.74, 6) is 0.769. The zero-order chi connectivity index (χ0) is 17.5. The number of hydrogen-bond acceptors (Lipinski definition) is 5. The van der Waals surface area contributed by atoms with E-state index >= 15 is 0 Å². The summed E-state index contributed by atoms with van der Waals surface area (Å²) in [5.41, 5.74) is 7.16. The monoisotopic (exact) mass is 335 g/mol. The Morgan fingerprint density at radius 3 is 2.92 bits per heavy atom. The van der Waals surface area contributed by atoms with E-state index in [0.29, 0.717) is 38.2 Å². The molecule has 0 aliphatic carbocycles. The molecule has 0 unspecified atom stereocenters. The molecule has 1 heterocycles. The van der Waals surface area contributed by atoms with E-state index in [-0.39, 0.29) is 18.6 Å². The molecule has 0 radical (unpaired) electrons. The lowest BCUT2D eigenvalue weighted by Crippen LogP contribution is -2.53. The van der Waals surface area contributed by atoms with Crippen molar-refractivity contribution < 1.29 is 14.6 Å². The van der Waals surface area contributed by atoms with Gasteiger partial charge in [-0.05, 0) is 51.1 Å². The predicted octanol–water partition coefficient (Wildman–Crippen LogP) is 0.861. The van der Waals surface area contributed by atoms with Crippen molar-refractivity contribution in [2.75, 3.05) is 46.4 Å². The van der Waals surface area contributed by atoms with Crippen molar-refractivity contribution in [1.29, 1.82) is 0 Å². The number of aliphatic hydroxyl groups is 1. The number of piperazine rings is 1. The van der Waals surface area contributed by atoms with Crippen LogP contribution in [-0.2, 0) is 0 Å². The Balaban J connectivity index is 2.07. The maximum atomic E-state index is 12.8. The minimum Gasteiger partial charge on any atom is -0.493 e. The molecular formula is C18H29N3O3. The lowest BCUT2D eigenvalue weighted by molar-refractivity contribution is 0.0500. The quantitative estimate of drug-likeness (QED) is 0.723. The third-order valence-electron chi connectivity index (χ3n) is 4.57. The summed E-state index contributed by atoms with van der Waals surface area (Å²) >= 11 is 0. The van der Waals surface area contributed by atoms with Crippen LogP contribution in [-0.4, -0.2) is 73.3 Å². The van der Waals surface area contributed by atoms with Crippen molar-refractivity contribution in [3.63, 3.8) is 0 Å². The first kappa shape index (κ1) is 18.7. The second kappa shape index (κ2) is 9.01. The summed E-state index contributed by atoms with van der Waals surface area (Å²) in [6.45, 7) is 5.43. The second-order valence-electron chi connectivity index (χ2n) is 6.37. The van der Waals surface area contributed by atoms with Crippen molar-refractivity contribution in [2.45, 2.75) is 25.8 Å². The number of carbonyl (C=O) groups excluding carboxylic acids is 1. The van der Waals surface area contributed by atoms with E-state index in [9.17, 15) is 9.90 Å². The van der Waals surface area contributed by atoms with Gasteiger partial charge in [0.1, 0.15) is 5.75 Å². The largest absolute Gasteiger partial charge is 0.493 e. The fraction of sp³-hybridized carbons (Fsp3) is 0.611. The minimum atomic E-state index is 0.0229. The van der Waals surface area contributed by atoms with E-state index in [1.54, 1.807) is 0 Å². The van der Waals surface area contributed by atoms with Gasteiger partial charge in [0.05, 0.1) is 6.61 Å². The molecule has 0 saturated carbocycles. The van der Waals surface area contributed by atoms with Crippen LogP contribution >= 0.6 is 0 Å². The third-order valence-corrected chi connectivity index (χ3v) is 4.57. The van der Waals surface area contributed by atoms with Crippen LogP contribution in [0, 0.1) is 6.92 Å². The minimum absolute atomic E-state index is 0.0229. The first-order valence-corrected chi connectivity index (χ1v) is 8.60. The molecule has 1 aliphatic heterocycles. The van der Waals surface area contributed by atoms with Crippen molar-refractivity contribution in [3.8, 4) is 5.75 Å². The van der Waals surface area contributed by atoms with Gasteiger partial charge in [-0.2, -0.15) is 0 Å². The average molecular weight is 335 g/mol. The van der Waals surface area contributed by atoms with Gasteiger partial charge in [0, 0.05) is 37.8 Å². The standard InChI is InChI=1S/C18H29N3O3/c1-14-4-5-15(12-17(14)24-11-3-7-19)18(23)21-9-8-20(2)16(13-21)6-10-22/h4-5,12,16,22H,3,6-11,13,19H2,1-2H3/t16-/m1/s1. The van der Waals surface area contributed by atoms with Crippen molar-refractivity contribution in [1.82, 2.24) is 9.80 Å². The van der Waals surface area contributed by atoms with Crippen LogP contribution in [0.1, 0.15) is 28.8 Å². The van der Waals surface area contributed by atoms with Crippen LogP contribution in [0.25, 0.3) is 0 Å². The molecule has 1 fully saturated rings. The van der Waals surface area contributed by atoms with Crippen LogP contribution in [0.4, 0.5) is 0 Å². The molecule has 1 atom stereocenters. The number of aliphatic hydroxyl groups excluding tert-OH is 1. The zero-order valence-electron chi connectivity index (χ0n) is 14.7. The van der Waals surface area contributed by atoms with E-state index in [1.165, 1.54) is 0 Å². The summed E-state index contributed by atoms with van der Waals surface area (Å²) in [7, 11) is 2.04. The normalized spacial score (nSPS) is 18.7. The van der Waals surface area contributed by atoms with E-state index in [2.05, 4.69) is 4.90 Å². The summed E-state index contributed by atoms with van der Waals surface area (Å²) < 4.78 is 5.74. The highest BCUT2D eigenvalue weighted by Crippen LogP contribution is 2.22. The van der Waals surface area contributed by atoms with Crippen LogP contribution in [0.15, 0.2) is 18.2 Å². The summed E-state index contributed by atoms with van der Waals surface area (Å²) in [5, 5.41) is 9.19. The summed E-state index contributed by atoms with van der Waals surface area (Å²) in [4.78, 5) is 16.9. The molecular weight excluding hydrogens is 306 g/mol. The van der Waals surface area contributed by atoms with Crippen molar-refractivity contribution in [3.05, 3.63) is 29.3 Å². The van der Waals surface area contributed by atoms with Crippen molar-refractivity contribution in [2.24, 2.45) is 5.73 Å². The lowest BCUT2D eigenvalue weighted by Gasteiger charge is -2.39. The predicted molar refractivity (Wildman–Crippen MR) is 94.4 cm³/mol. The Bertz CT molecular complexity index is 550. The zero-order valence-corrected chi connectivity index (χ0v) is 14.7. The first-order valence-electron chi connectivity index (χ1n) is 8.60. The fourth-order valence-electron chi connectivity index (χ4n) is 2.93. The van der Waals surface area contributed by atoms with E-state index in [1.807, 2.05) is 37.1 Å². The molecule has 6 nitrogen and oxygen atoms in total. The summed E-state index contributed by atoms with van der Waals surface area (Å²) in [6.07, 6.45) is 1.47. The van der Waals surface area contributed by atoms with Gasteiger partial charge in [-0.1, -0.05) is 6.07 Å². The van der Waals surface area contributed by atoms with Gasteiger partial charge in [0.15, 0.2) is 0 Å². The molecule has 0 spiro atoms. The number of likely N-dealkylation sites (N-methyl/N-ethyl adjacent to an activating group) is 1.